The van der Waals surface area contributed by atoms with Crippen molar-refractivity contribution < 1.29 is 0 Å². The van der Waals surface area contributed by atoms with Gasteiger partial charge in [-0.15, -0.1) is 0 Å². The molecule has 0 spiro atoms. The van der Waals surface area contributed by atoms with E-state index in [-0.39, 0.29) is 0 Å². The zero-order chi connectivity index (χ0) is 11.3. The maximum atomic E-state index is 8.84. The van der Waals surface area contributed by atoms with Crippen molar-refractivity contribution in [3.05, 3.63) is 23.0 Å². The van der Waals surface area contributed by atoms with Gasteiger partial charge >= 0.3 is 0 Å². The maximum absolute atomic E-state index is 8.84. The zero-order valence-corrected chi connectivity index (χ0v) is 10.0. The minimum Gasteiger partial charge on any atom is -0.353 e. The lowest BCUT2D eigenvalue weighted by molar-refractivity contribution is 0.817. The Hall–Kier alpha value is -1.23. The number of rotatable bonds is 1. The molecule has 1 aromatic heterocycles. The van der Waals surface area contributed by atoms with Crippen molar-refractivity contribution in [1.29, 1.82) is 5.26 Å². The summed E-state index contributed by atoms with van der Waals surface area (Å²) in [5.74, 6) is 0.431. The van der Waals surface area contributed by atoms with Gasteiger partial charge in [0.1, 0.15) is 6.07 Å². The number of aryl methyl sites for hydroxylation is 1. The monoisotopic (exact) mass is 192 g/mol. The van der Waals surface area contributed by atoms with Crippen molar-refractivity contribution in [2.24, 2.45) is 7.05 Å². The van der Waals surface area contributed by atoms with E-state index in [9.17, 15) is 0 Å². The fourth-order valence-corrected chi connectivity index (χ4v) is 1.56. The largest absolute Gasteiger partial charge is 0.353 e. The number of hydrogen-bond acceptors (Lipinski definition) is 1. The van der Waals surface area contributed by atoms with Crippen LogP contribution in [0.3, 0.4) is 0 Å². The van der Waals surface area contributed by atoms with Crippen LogP contribution in [0.2, 0.25) is 0 Å². The van der Waals surface area contributed by atoms with Crippen LogP contribution in [0.15, 0.2) is 6.20 Å². The molecule has 0 aliphatic rings. The Morgan fingerprint density at radius 3 is 2.14 bits per heavy atom. The molecule has 2 heteroatoms. The smallest absolute Gasteiger partial charge is 0.101 e. The van der Waals surface area contributed by atoms with Gasteiger partial charge in [-0.1, -0.05) is 27.7 Å². The van der Waals surface area contributed by atoms with Crippen molar-refractivity contribution in [2.75, 3.05) is 0 Å². The molecule has 0 aromatic carbocycles. The first kappa shape index (κ1) is 12.8. The lowest BCUT2D eigenvalue weighted by Gasteiger charge is -2.05. The molecule has 1 heterocycles. The summed E-state index contributed by atoms with van der Waals surface area (Å²) in [6, 6.07) is 2.22. The highest BCUT2D eigenvalue weighted by Gasteiger charge is 2.12. The molecular formula is C12H20N2. The number of hydrogen-bond donors (Lipinski definition) is 0. The third-order valence-corrected chi connectivity index (χ3v) is 2.23. The molecule has 0 aliphatic carbocycles. The van der Waals surface area contributed by atoms with E-state index in [1.807, 2.05) is 31.7 Å². The second-order valence-electron chi connectivity index (χ2n) is 3.42. The molecule has 0 unspecified atom stereocenters. The van der Waals surface area contributed by atoms with Crippen molar-refractivity contribution in [3.8, 4) is 6.07 Å². The summed E-state index contributed by atoms with van der Waals surface area (Å²) in [7, 11) is 1.97. The molecule has 0 amide bonds. The minimum absolute atomic E-state index is 0.431. The lowest BCUT2D eigenvalue weighted by Crippen LogP contribution is -1.94. The molecule has 0 saturated carbocycles. The van der Waals surface area contributed by atoms with E-state index >= 15 is 0 Å². The summed E-state index contributed by atoms with van der Waals surface area (Å²) in [6.07, 6.45) is 1.89. The Morgan fingerprint density at radius 2 is 1.86 bits per heavy atom. The normalized spacial score (nSPS) is 9.29. The average molecular weight is 192 g/mol. The van der Waals surface area contributed by atoms with E-state index in [0.29, 0.717) is 5.92 Å². The van der Waals surface area contributed by atoms with Gasteiger partial charge in [0, 0.05) is 18.9 Å². The van der Waals surface area contributed by atoms with Crippen molar-refractivity contribution in [2.45, 2.75) is 40.5 Å². The molecule has 0 saturated heterocycles. The van der Waals surface area contributed by atoms with Crippen LogP contribution in [0.4, 0.5) is 0 Å². The van der Waals surface area contributed by atoms with Crippen LogP contribution in [0, 0.1) is 18.3 Å². The summed E-state index contributed by atoms with van der Waals surface area (Å²) in [4.78, 5) is 0. The van der Waals surface area contributed by atoms with Gasteiger partial charge in [0.15, 0.2) is 0 Å². The Bertz CT molecular complexity index is 327. The molecule has 78 valence electrons. The molecule has 0 atom stereocenters. The highest BCUT2D eigenvalue weighted by atomic mass is 14.9. The predicted octanol–water partition coefficient (Wildman–Crippen LogP) is 3.35. The summed E-state index contributed by atoms with van der Waals surface area (Å²) in [5.41, 5.74) is 3.19. The van der Waals surface area contributed by atoms with Gasteiger partial charge in [-0.05, 0) is 18.4 Å². The second-order valence-corrected chi connectivity index (χ2v) is 3.42. The fourth-order valence-electron chi connectivity index (χ4n) is 1.56. The molecule has 2 nitrogen and oxygen atoms in total. The van der Waals surface area contributed by atoms with E-state index in [1.54, 1.807) is 0 Å². The van der Waals surface area contributed by atoms with Crippen LogP contribution in [-0.2, 0) is 7.05 Å². The van der Waals surface area contributed by atoms with Crippen LogP contribution in [0.1, 0.15) is 50.4 Å². The molecule has 1 aromatic rings. The molecule has 1 rings (SSSR count). The maximum Gasteiger partial charge on any atom is 0.101 e. The van der Waals surface area contributed by atoms with E-state index < -0.39 is 0 Å². The molecule has 0 aliphatic heterocycles. The highest BCUT2D eigenvalue weighted by molar-refractivity contribution is 5.42. The summed E-state index contributed by atoms with van der Waals surface area (Å²) in [5, 5.41) is 8.84. The number of nitrogens with zero attached hydrogens (tertiary/aromatic N) is 2. The Morgan fingerprint density at radius 1 is 1.36 bits per heavy atom. The van der Waals surface area contributed by atoms with Gasteiger partial charge in [-0.25, -0.2) is 0 Å². The molecule has 14 heavy (non-hydrogen) atoms. The Labute approximate surface area is 87.2 Å². The molecule has 0 N–H and O–H groups in total. The number of aromatic nitrogens is 1. The van der Waals surface area contributed by atoms with Crippen molar-refractivity contribution >= 4 is 0 Å². The third kappa shape index (κ3) is 2.38. The topological polar surface area (TPSA) is 28.7 Å². The standard InChI is InChI=1S/C10H14N2.C2H6/c1-7(2)10-8(3)12(4)6-9(10)5-11;1-2/h6-7H,1-4H3;1-2H3. The van der Waals surface area contributed by atoms with E-state index in [2.05, 4.69) is 26.8 Å². The quantitative estimate of drug-likeness (QED) is 0.670. The van der Waals surface area contributed by atoms with Gasteiger partial charge in [0.25, 0.3) is 0 Å². The third-order valence-electron chi connectivity index (χ3n) is 2.23. The first-order chi connectivity index (χ1) is 6.57. The van der Waals surface area contributed by atoms with E-state index in [0.717, 1.165) is 5.56 Å². The first-order valence-corrected chi connectivity index (χ1v) is 5.13. The summed E-state index contributed by atoms with van der Waals surface area (Å²) >= 11 is 0. The summed E-state index contributed by atoms with van der Waals surface area (Å²) < 4.78 is 2.01. The highest BCUT2D eigenvalue weighted by Crippen LogP contribution is 2.23. The average Bonchev–Trinajstić information content (AvgIpc) is 2.46. The minimum atomic E-state index is 0.431. The van der Waals surface area contributed by atoms with E-state index in [1.165, 1.54) is 11.3 Å². The van der Waals surface area contributed by atoms with Gasteiger partial charge < -0.3 is 4.57 Å². The van der Waals surface area contributed by atoms with Crippen molar-refractivity contribution in [3.63, 3.8) is 0 Å². The Balaban J connectivity index is 0.000000791. The van der Waals surface area contributed by atoms with Crippen LogP contribution in [0.25, 0.3) is 0 Å². The van der Waals surface area contributed by atoms with Gasteiger partial charge in [0.2, 0.25) is 0 Å². The van der Waals surface area contributed by atoms with Crippen LogP contribution in [-0.4, -0.2) is 4.57 Å². The van der Waals surface area contributed by atoms with Crippen LogP contribution < -0.4 is 0 Å². The van der Waals surface area contributed by atoms with E-state index in [4.69, 9.17) is 5.26 Å². The second kappa shape index (κ2) is 5.49. The summed E-state index contributed by atoms with van der Waals surface area (Å²) in [6.45, 7) is 10.3. The SMILES string of the molecule is CC.Cc1c(C(C)C)c(C#N)cn1C. The Kier molecular flexibility index (Phi) is 5.01. The van der Waals surface area contributed by atoms with Crippen LogP contribution in [0.5, 0.6) is 0 Å². The van der Waals surface area contributed by atoms with Gasteiger partial charge in [0.05, 0.1) is 5.56 Å². The van der Waals surface area contributed by atoms with Crippen molar-refractivity contribution in [1.82, 2.24) is 4.57 Å². The molecule has 0 bridgehead atoms. The lowest BCUT2D eigenvalue weighted by atomic mass is 10.0. The van der Waals surface area contributed by atoms with Crippen LogP contribution >= 0.6 is 0 Å². The molecule has 0 radical (unpaired) electrons. The molecule has 0 fully saturated rings. The fraction of sp³-hybridized carbons (Fsp3) is 0.583. The van der Waals surface area contributed by atoms with Gasteiger partial charge in [-0.3, -0.25) is 0 Å². The van der Waals surface area contributed by atoms with Gasteiger partial charge in [-0.2, -0.15) is 5.26 Å². The zero-order valence-electron chi connectivity index (χ0n) is 10.0. The number of nitriles is 1. The first-order valence-electron chi connectivity index (χ1n) is 5.13. The predicted molar refractivity (Wildman–Crippen MR) is 60.3 cm³/mol. The molecular weight excluding hydrogens is 172 g/mol.